The first-order chi connectivity index (χ1) is 9.57. The third-order valence-corrected chi connectivity index (χ3v) is 4.97. The Morgan fingerprint density at radius 1 is 1.00 bits per heavy atom. The van der Waals surface area contributed by atoms with Crippen LogP contribution in [-0.4, -0.2) is 11.7 Å². The van der Waals surface area contributed by atoms with Crippen molar-refractivity contribution in [3.63, 3.8) is 0 Å². The zero-order valence-corrected chi connectivity index (χ0v) is 13.3. The lowest BCUT2D eigenvalue weighted by Crippen LogP contribution is -2.37. The molecule has 0 aromatic heterocycles. The van der Waals surface area contributed by atoms with Crippen molar-refractivity contribution in [2.75, 3.05) is 6.54 Å². The summed E-state index contributed by atoms with van der Waals surface area (Å²) in [5.74, 6) is 0. The van der Waals surface area contributed by atoms with E-state index < -0.39 is 6.10 Å². The standard InChI is InChI=1S/C16H23Cl2NO/c17-13-8-12(9-14(18)10-13)15(20)16(11-19)6-4-2-1-3-5-7-16/h8-10,15,20H,1-7,11,19H2. The molecule has 0 aliphatic heterocycles. The van der Waals surface area contributed by atoms with Crippen molar-refractivity contribution in [1.29, 1.82) is 0 Å². The Balaban J connectivity index is 2.28. The van der Waals surface area contributed by atoms with Gasteiger partial charge in [0, 0.05) is 22.0 Å². The van der Waals surface area contributed by atoms with Crippen LogP contribution in [0.4, 0.5) is 0 Å². The Morgan fingerprint density at radius 3 is 2.00 bits per heavy atom. The van der Waals surface area contributed by atoms with Crippen molar-refractivity contribution in [2.45, 2.75) is 51.0 Å². The predicted octanol–water partition coefficient (Wildman–Crippen LogP) is 4.72. The molecule has 2 nitrogen and oxygen atoms in total. The van der Waals surface area contributed by atoms with Gasteiger partial charge in [0.1, 0.15) is 0 Å². The normalized spacial score (nSPS) is 21.0. The van der Waals surface area contributed by atoms with Gasteiger partial charge in [-0.3, -0.25) is 0 Å². The van der Waals surface area contributed by atoms with Crippen LogP contribution in [-0.2, 0) is 0 Å². The lowest BCUT2D eigenvalue weighted by molar-refractivity contribution is 0.00849. The monoisotopic (exact) mass is 315 g/mol. The Bertz CT molecular complexity index is 422. The quantitative estimate of drug-likeness (QED) is 0.848. The molecule has 3 N–H and O–H groups in total. The highest BCUT2D eigenvalue weighted by Crippen LogP contribution is 2.44. The lowest BCUT2D eigenvalue weighted by atomic mass is 9.70. The third kappa shape index (κ3) is 3.67. The Kier molecular flexibility index (Phi) is 5.74. The van der Waals surface area contributed by atoms with E-state index in [9.17, 15) is 5.11 Å². The topological polar surface area (TPSA) is 46.2 Å². The van der Waals surface area contributed by atoms with Crippen LogP contribution >= 0.6 is 23.2 Å². The average molecular weight is 316 g/mol. The van der Waals surface area contributed by atoms with Gasteiger partial charge in [-0.1, -0.05) is 55.3 Å². The van der Waals surface area contributed by atoms with Crippen molar-refractivity contribution < 1.29 is 5.11 Å². The van der Waals surface area contributed by atoms with E-state index >= 15 is 0 Å². The van der Waals surface area contributed by atoms with Crippen molar-refractivity contribution in [3.8, 4) is 0 Å². The fourth-order valence-corrected chi connectivity index (χ4v) is 3.83. The number of halogens is 2. The molecule has 0 bridgehead atoms. The number of aliphatic hydroxyl groups is 1. The molecule has 0 radical (unpaired) electrons. The highest BCUT2D eigenvalue weighted by Gasteiger charge is 2.37. The molecule has 1 aromatic carbocycles. The van der Waals surface area contributed by atoms with Crippen LogP contribution in [0, 0.1) is 5.41 Å². The van der Waals surface area contributed by atoms with E-state index in [0.29, 0.717) is 16.6 Å². The van der Waals surface area contributed by atoms with E-state index in [4.69, 9.17) is 28.9 Å². The van der Waals surface area contributed by atoms with E-state index in [-0.39, 0.29) is 5.41 Å². The molecule has 1 saturated carbocycles. The van der Waals surface area contributed by atoms with E-state index in [0.717, 1.165) is 31.2 Å². The molecular formula is C16H23Cl2NO. The number of benzene rings is 1. The van der Waals surface area contributed by atoms with Gasteiger partial charge in [0.05, 0.1) is 6.10 Å². The minimum Gasteiger partial charge on any atom is -0.388 e. The number of nitrogens with two attached hydrogens (primary N) is 1. The smallest absolute Gasteiger partial charge is 0.0859 e. The van der Waals surface area contributed by atoms with Gasteiger partial charge in [-0.05, 0) is 36.6 Å². The second kappa shape index (κ2) is 7.13. The van der Waals surface area contributed by atoms with Gasteiger partial charge in [-0.25, -0.2) is 0 Å². The number of hydrogen-bond acceptors (Lipinski definition) is 2. The first kappa shape index (κ1) is 16.1. The van der Waals surface area contributed by atoms with E-state index in [1.165, 1.54) is 19.3 Å². The molecule has 1 atom stereocenters. The minimum absolute atomic E-state index is 0.242. The summed E-state index contributed by atoms with van der Waals surface area (Å²) in [4.78, 5) is 0. The summed E-state index contributed by atoms with van der Waals surface area (Å²) in [5.41, 5.74) is 6.59. The molecule has 1 aliphatic carbocycles. The summed E-state index contributed by atoms with van der Waals surface area (Å²) >= 11 is 12.1. The number of aliphatic hydroxyl groups excluding tert-OH is 1. The van der Waals surface area contributed by atoms with Gasteiger partial charge in [0.15, 0.2) is 0 Å². The second-order valence-electron chi connectivity index (χ2n) is 5.94. The molecule has 1 aromatic rings. The fourth-order valence-electron chi connectivity index (χ4n) is 3.29. The van der Waals surface area contributed by atoms with Crippen molar-refractivity contribution in [3.05, 3.63) is 33.8 Å². The summed E-state index contributed by atoms with van der Waals surface area (Å²) in [6, 6.07) is 5.29. The van der Waals surface area contributed by atoms with Crippen LogP contribution in [0.3, 0.4) is 0 Å². The van der Waals surface area contributed by atoms with Crippen LogP contribution in [0.25, 0.3) is 0 Å². The first-order valence-electron chi connectivity index (χ1n) is 7.41. The highest BCUT2D eigenvalue weighted by atomic mass is 35.5. The van der Waals surface area contributed by atoms with Gasteiger partial charge >= 0.3 is 0 Å². The first-order valence-corrected chi connectivity index (χ1v) is 8.17. The molecule has 0 spiro atoms. The zero-order chi connectivity index (χ0) is 14.6. The van der Waals surface area contributed by atoms with Gasteiger partial charge in [-0.15, -0.1) is 0 Å². The maximum absolute atomic E-state index is 10.9. The molecule has 112 valence electrons. The minimum atomic E-state index is -0.596. The maximum Gasteiger partial charge on any atom is 0.0859 e. The van der Waals surface area contributed by atoms with E-state index in [1.54, 1.807) is 18.2 Å². The Morgan fingerprint density at radius 2 is 1.50 bits per heavy atom. The lowest BCUT2D eigenvalue weighted by Gasteiger charge is -2.39. The predicted molar refractivity (Wildman–Crippen MR) is 85.2 cm³/mol. The molecular weight excluding hydrogens is 293 g/mol. The maximum atomic E-state index is 10.9. The van der Waals surface area contributed by atoms with Crippen LogP contribution in [0.15, 0.2) is 18.2 Å². The van der Waals surface area contributed by atoms with E-state index in [1.807, 2.05) is 0 Å². The van der Waals surface area contributed by atoms with Crippen molar-refractivity contribution in [1.82, 2.24) is 0 Å². The Hall–Kier alpha value is -0.280. The average Bonchev–Trinajstić information content (AvgIpc) is 2.37. The molecule has 4 heteroatoms. The molecule has 20 heavy (non-hydrogen) atoms. The molecule has 0 heterocycles. The molecule has 1 aliphatic rings. The molecule has 0 amide bonds. The van der Waals surface area contributed by atoms with Crippen LogP contribution < -0.4 is 5.73 Å². The zero-order valence-electron chi connectivity index (χ0n) is 11.7. The second-order valence-corrected chi connectivity index (χ2v) is 6.81. The van der Waals surface area contributed by atoms with Gasteiger partial charge in [-0.2, -0.15) is 0 Å². The molecule has 2 rings (SSSR count). The fraction of sp³-hybridized carbons (Fsp3) is 0.625. The highest BCUT2D eigenvalue weighted by molar-refractivity contribution is 6.34. The SMILES string of the molecule is NCC1(C(O)c2cc(Cl)cc(Cl)c2)CCCCCCC1. The number of hydrogen-bond donors (Lipinski definition) is 2. The van der Waals surface area contributed by atoms with Crippen LogP contribution in [0.1, 0.15) is 56.6 Å². The molecule has 1 fully saturated rings. The summed E-state index contributed by atoms with van der Waals surface area (Å²) in [5, 5.41) is 12.0. The Labute approximate surface area is 131 Å². The molecule has 0 saturated heterocycles. The summed E-state index contributed by atoms with van der Waals surface area (Å²) in [6.45, 7) is 0.498. The largest absolute Gasteiger partial charge is 0.388 e. The summed E-state index contributed by atoms with van der Waals surface area (Å²) < 4.78 is 0. The van der Waals surface area contributed by atoms with Gasteiger partial charge in [0.2, 0.25) is 0 Å². The third-order valence-electron chi connectivity index (χ3n) is 4.54. The van der Waals surface area contributed by atoms with Crippen LogP contribution in [0.2, 0.25) is 10.0 Å². The summed E-state index contributed by atoms with van der Waals surface area (Å²) in [6.07, 6.45) is 7.34. The van der Waals surface area contributed by atoms with Gasteiger partial charge in [0.25, 0.3) is 0 Å². The van der Waals surface area contributed by atoms with E-state index in [2.05, 4.69) is 0 Å². The van der Waals surface area contributed by atoms with Gasteiger partial charge < -0.3 is 10.8 Å². The summed E-state index contributed by atoms with van der Waals surface area (Å²) in [7, 11) is 0. The van der Waals surface area contributed by atoms with Crippen molar-refractivity contribution in [2.24, 2.45) is 11.1 Å². The van der Waals surface area contributed by atoms with Crippen LogP contribution in [0.5, 0.6) is 0 Å². The number of rotatable bonds is 3. The van der Waals surface area contributed by atoms with Crippen molar-refractivity contribution >= 4 is 23.2 Å². The molecule has 1 unspecified atom stereocenters.